The van der Waals surface area contributed by atoms with E-state index in [1.807, 2.05) is 18.2 Å². The molecule has 1 saturated heterocycles. The standard InChI is InChI=1S/C21H21BrN2O/c22-19-8-9-20(18(10-19)11-23)25-21-16-6-7-17(21)14-24(13-16)12-15-4-2-1-3-5-15/h1-5,8-10,16-17,21H,6-7,12-14H2/t16-,17+,21-. The number of hydrogen-bond acceptors (Lipinski definition) is 3. The van der Waals surface area contributed by atoms with Crippen LogP contribution in [0.25, 0.3) is 0 Å². The zero-order valence-electron chi connectivity index (χ0n) is 14.1. The Bertz CT molecular complexity index is 772. The number of halogens is 1. The Kier molecular flexibility index (Phi) is 4.78. The first-order chi connectivity index (χ1) is 12.2. The second-order valence-electron chi connectivity index (χ2n) is 7.11. The van der Waals surface area contributed by atoms with Gasteiger partial charge in [-0.1, -0.05) is 46.3 Å². The number of benzene rings is 2. The predicted octanol–water partition coefficient (Wildman–Crippen LogP) is 4.61. The molecule has 2 aromatic carbocycles. The van der Waals surface area contributed by atoms with Gasteiger partial charge in [-0.05, 0) is 36.6 Å². The minimum Gasteiger partial charge on any atom is -0.488 e. The maximum atomic E-state index is 9.37. The van der Waals surface area contributed by atoms with E-state index in [1.54, 1.807) is 0 Å². The van der Waals surface area contributed by atoms with Gasteiger partial charge in [0.2, 0.25) is 0 Å². The van der Waals surface area contributed by atoms with Crippen molar-refractivity contribution in [3.8, 4) is 11.8 Å². The van der Waals surface area contributed by atoms with E-state index < -0.39 is 0 Å². The van der Waals surface area contributed by atoms with Crippen LogP contribution < -0.4 is 4.74 Å². The Labute approximate surface area is 157 Å². The van der Waals surface area contributed by atoms with Gasteiger partial charge in [0.1, 0.15) is 17.9 Å². The summed E-state index contributed by atoms with van der Waals surface area (Å²) in [5.74, 6) is 1.83. The maximum Gasteiger partial charge on any atom is 0.137 e. The van der Waals surface area contributed by atoms with Crippen molar-refractivity contribution in [2.45, 2.75) is 25.5 Å². The highest BCUT2D eigenvalue weighted by Gasteiger charge is 2.43. The molecule has 0 unspecified atom stereocenters. The summed E-state index contributed by atoms with van der Waals surface area (Å²) in [7, 11) is 0. The fraction of sp³-hybridized carbons (Fsp3) is 0.381. The fourth-order valence-electron chi connectivity index (χ4n) is 4.27. The number of piperidine rings is 1. The number of nitrogens with zero attached hydrogens (tertiary/aromatic N) is 2. The smallest absolute Gasteiger partial charge is 0.137 e. The van der Waals surface area contributed by atoms with Crippen LogP contribution in [-0.4, -0.2) is 24.1 Å². The quantitative estimate of drug-likeness (QED) is 0.756. The summed E-state index contributed by atoms with van der Waals surface area (Å²) in [5.41, 5.74) is 1.99. The Morgan fingerprint density at radius 1 is 1.08 bits per heavy atom. The summed E-state index contributed by atoms with van der Waals surface area (Å²) >= 11 is 3.42. The van der Waals surface area contributed by atoms with Gasteiger partial charge in [0.05, 0.1) is 5.56 Å². The lowest BCUT2D eigenvalue weighted by Crippen LogP contribution is -2.46. The lowest BCUT2D eigenvalue weighted by atomic mass is 9.94. The number of nitriles is 1. The van der Waals surface area contributed by atoms with Crippen LogP contribution in [0.2, 0.25) is 0 Å². The summed E-state index contributed by atoms with van der Waals surface area (Å²) < 4.78 is 7.26. The molecule has 0 radical (unpaired) electrons. The topological polar surface area (TPSA) is 36.3 Å². The van der Waals surface area contributed by atoms with Crippen LogP contribution in [-0.2, 0) is 6.54 Å². The Hall–Kier alpha value is -1.83. The van der Waals surface area contributed by atoms with Crippen LogP contribution in [0, 0.1) is 23.2 Å². The summed E-state index contributed by atoms with van der Waals surface area (Å²) in [6.45, 7) is 3.17. The van der Waals surface area contributed by atoms with Crippen molar-refractivity contribution < 1.29 is 4.74 Å². The Morgan fingerprint density at radius 2 is 1.80 bits per heavy atom. The molecule has 0 amide bonds. The molecular weight excluding hydrogens is 376 g/mol. The fourth-order valence-corrected chi connectivity index (χ4v) is 4.63. The lowest BCUT2D eigenvalue weighted by Gasteiger charge is -2.38. The molecule has 4 rings (SSSR count). The Balaban J connectivity index is 1.45. The van der Waals surface area contributed by atoms with Crippen molar-refractivity contribution in [2.24, 2.45) is 11.8 Å². The Morgan fingerprint density at radius 3 is 2.48 bits per heavy atom. The molecule has 0 spiro atoms. The lowest BCUT2D eigenvalue weighted by molar-refractivity contribution is 0.0307. The van der Waals surface area contributed by atoms with Gasteiger partial charge >= 0.3 is 0 Å². The molecule has 2 fully saturated rings. The summed E-state index contributed by atoms with van der Waals surface area (Å²) in [5, 5.41) is 9.37. The third kappa shape index (κ3) is 3.58. The molecule has 25 heavy (non-hydrogen) atoms. The molecule has 2 aromatic rings. The molecular formula is C21H21BrN2O. The van der Waals surface area contributed by atoms with Crippen molar-refractivity contribution in [3.05, 3.63) is 64.1 Å². The molecule has 0 aromatic heterocycles. The van der Waals surface area contributed by atoms with Gasteiger partial charge in [-0.2, -0.15) is 5.26 Å². The molecule has 128 valence electrons. The zero-order chi connectivity index (χ0) is 17.2. The SMILES string of the molecule is N#Cc1cc(Br)ccc1O[C@@H]1[C@@H]2CC[C@H]1CN(Cc1ccccc1)C2. The van der Waals surface area contributed by atoms with E-state index in [-0.39, 0.29) is 6.10 Å². The molecule has 1 aliphatic carbocycles. The van der Waals surface area contributed by atoms with Gasteiger partial charge in [-0.25, -0.2) is 0 Å². The van der Waals surface area contributed by atoms with E-state index in [0.29, 0.717) is 17.4 Å². The molecule has 3 atom stereocenters. The van der Waals surface area contributed by atoms with Crippen molar-refractivity contribution in [2.75, 3.05) is 13.1 Å². The van der Waals surface area contributed by atoms with Crippen molar-refractivity contribution in [1.29, 1.82) is 5.26 Å². The number of hydrogen-bond donors (Lipinski definition) is 0. The number of likely N-dealkylation sites (tertiary alicyclic amines) is 1. The minimum atomic E-state index is 0.236. The van der Waals surface area contributed by atoms with E-state index in [4.69, 9.17) is 4.74 Å². The third-order valence-electron chi connectivity index (χ3n) is 5.40. The van der Waals surface area contributed by atoms with Crippen LogP contribution >= 0.6 is 15.9 Å². The van der Waals surface area contributed by atoms with Gasteiger partial charge in [0, 0.05) is 35.9 Å². The van der Waals surface area contributed by atoms with Crippen LogP contribution in [0.4, 0.5) is 0 Å². The molecule has 4 heteroatoms. The second kappa shape index (κ2) is 7.19. The van der Waals surface area contributed by atoms with E-state index in [1.165, 1.54) is 18.4 Å². The van der Waals surface area contributed by atoms with Crippen molar-refractivity contribution in [1.82, 2.24) is 4.90 Å². The van der Waals surface area contributed by atoms with E-state index in [0.717, 1.165) is 29.9 Å². The number of ether oxygens (including phenoxy) is 1. The largest absolute Gasteiger partial charge is 0.488 e. The normalized spacial score (nSPS) is 25.5. The highest BCUT2D eigenvalue weighted by molar-refractivity contribution is 9.10. The first-order valence-electron chi connectivity index (χ1n) is 8.85. The minimum absolute atomic E-state index is 0.236. The predicted molar refractivity (Wildman–Crippen MR) is 101 cm³/mol. The van der Waals surface area contributed by atoms with Gasteiger partial charge in [0.25, 0.3) is 0 Å². The number of fused-ring (bicyclic) bond motifs is 2. The van der Waals surface area contributed by atoms with Crippen LogP contribution in [0.15, 0.2) is 53.0 Å². The average molecular weight is 397 g/mol. The summed E-state index contributed by atoms with van der Waals surface area (Å²) in [6, 6.07) is 18.6. The van der Waals surface area contributed by atoms with Gasteiger partial charge in [-0.3, -0.25) is 4.90 Å². The first-order valence-corrected chi connectivity index (χ1v) is 9.65. The molecule has 2 bridgehead atoms. The van der Waals surface area contributed by atoms with Gasteiger partial charge < -0.3 is 4.74 Å². The maximum absolute atomic E-state index is 9.37. The van der Waals surface area contributed by atoms with Crippen molar-refractivity contribution in [3.63, 3.8) is 0 Å². The van der Waals surface area contributed by atoms with Crippen LogP contribution in [0.5, 0.6) is 5.75 Å². The molecule has 0 N–H and O–H groups in total. The van der Waals surface area contributed by atoms with Crippen LogP contribution in [0.3, 0.4) is 0 Å². The summed E-state index contributed by atoms with van der Waals surface area (Å²) in [6.07, 6.45) is 2.68. The van der Waals surface area contributed by atoms with Gasteiger partial charge in [0.15, 0.2) is 0 Å². The highest BCUT2D eigenvalue weighted by atomic mass is 79.9. The van der Waals surface area contributed by atoms with Crippen LogP contribution in [0.1, 0.15) is 24.0 Å². The van der Waals surface area contributed by atoms with E-state index in [9.17, 15) is 5.26 Å². The van der Waals surface area contributed by atoms with Gasteiger partial charge in [-0.15, -0.1) is 0 Å². The van der Waals surface area contributed by atoms with E-state index in [2.05, 4.69) is 57.2 Å². The molecule has 2 aliphatic rings. The molecule has 1 saturated carbocycles. The summed E-state index contributed by atoms with van der Waals surface area (Å²) in [4.78, 5) is 2.56. The van der Waals surface area contributed by atoms with E-state index >= 15 is 0 Å². The average Bonchev–Trinajstić information content (AvgIpc) is 2.86. The number of rotatable bonds is 4. The monoisotopic (exact) mass is 396 g/mol. The first kappa shape index (κ1) is 16.6. The molecule has 3 nitrogen and oxygen atoms in total. The molecule has 1 heterocycles. The van der Waals surface area contributed by atoms with Crippen molar-refractivity contribution >= 4 is 15.9 Å². The third-order valence-corrected chi connectivity index (χ3v) is 5.89. The highest BCUT2D eigenvalue weighted by Crippen LogP contribution is 2.40. The second-order valence-corrected chi connectivity index (χ2v) is 8.03. The molecule has 1 aliphatic heterocycles. The zero-order valence-corrected chi connectivity index (χ0v) is 15.7.